The van der Waals surface area contributed by atoms with Crippen molar-refractivity contribution in [3.8, 4) is 0 Å². The number of rotatable bonds is 0. The van der Waals surface area contributed by atoms with Gasteiger partial charge < -0.3 is 4.74 Å². The summed E-state index contributed by atoms with van der Waals surface area (Å²) in [5, 5.41) is 2.10. The van der Waals surface area contributed by atoms with Crippen LogP contribution in [0, 0.1) is 0 Å². The molecule has 0 aromatic heterocycles. The second kappa shape index (κ2) is 2.83. The van der Waals surface area contributed by atoms with Crippen molar-refractivity contribution in [1.29, 1.82) is 0 Å². The van der Waals surface area contributed by atoms with Crippen LogP contribution in [0.15, 0.2) is 11.3 Å². The third-order valence-corrected chi connectivity index (χ3v) is 2.19. The summed E-state index contributed by atoms with van der Waals surface area (Å²) in [7, 11) is 1.44. The summed E-state index contributed by atoms with van der Waals surface area (Å²) in [5.74, 6) is -1.05. The van der Waals surface area contributed by atoms with Gasteiger partial charge in [-0.2, -0.15) is 0 Å². The zero-order valence-electron chi connectivity index (χ0n) is 7.49. The van der Waals surface area contributed by atoms with Gasteiger partial charge in [0.15, 0.2) is 0 Å². The first kappa shape index (κ1) is 8.74. The highest BCUT2D eigenvalue weighted by Gasteiger charge is 2.36. The van der Waals surface area contributed by atoms with Gasteiger partial charge in [-0.3, -0.25) is 15.0 Å². The molecule has 14 heavy (non-hydrogen) atoms. The summed E-state index contributed by atoms with van der Waals surface area (Å²) >= 11 is 0. The fourth-order valence-electron chi connectivity index (χ4n) is 1.48. The van der Waals surface area contributed by atoms with Gasteiger partial charge in [-0.15, -0.1) is 0 Å². The number of nitrogens with zero attached hydrogens (tertiary/aromatic N) is 1. The summed E-state index contributed by atoms with van der Waals surface area (Å²) < 4.78 is 4.70. The van der Waals surface area contributed by atoms with Gasteiger partial charge in [0, 0.05) is 13.5 Å². The Kier molecular flexibility index (Phi) is 1.77. The third kappa shape index (κ3) is 1.07. The van der Waals surface area contributed by atoms with E-state index in [2.05, 4.69) is 5.32 Å². The van der Waals surface area contributed by atoms with E-state index in [1.165, 1.54) is 7.05 Å². The molecular formula is C8H8N2O4. The number of esters is 1. The minimum Gasteiger partial charge on any atom is -0.462 e. The Hall–Kier alpha value is -1.85. The Balaban J connectivity index is 2.46. The SMILES string of the molecule is CN1C(=O)NC(=O)/C1=C1\CCOC1=O. The van der Waals surface area contributed by atoms with Gasteiger partial charge in [0.05, 0.1) is 12.2 Å². The van der Waals surface area contributed by atoms with Gasteiger partial charge in [0.2, 0.25) is 0 Å². The predicted molar refractivity (Wildman–Crippen MR) is 43.9 cm³/mol. The number of likely N-dealkylation sites (N-methyl/N-ethyl adjacent to an activating group) is 1. The standard InChI is InChI=1S/C8H8N2O4/c1-10-5(6(11)9-8(10)13)4-2-3-14-7(4)12/h2-3H2,1H3,(H,9,11,13)/b5-4-. The van der Waals surface area contributed by atoms with Crippen molar-refractivity contribution in [2.45, 2.75) is 6.42 Å². The van der Waals surface area contributed by atoms with Crippen molar-refractivity contribution in [1.82, 2.24) is 10.2 Å². The van der Waals surface area contributed by atoms with Crippen molar-refractivity contribution in [3.63, 3.8) is 0 Å². The van der Waals surface area contributed by atoms with E-state index in [9.17, 15) is 14.4 Å². The highest BCUT2D eigenvalue weighted by Crippen LogP contribution is 2.22. The molecule has 74 valence electrons. The zero-order chi connectivity index (χ0) is 10.3. The van der Waals surface area contributed by atoms with Crippen LogP contribution in [0.4, 0.5) is 4.79 Å². The van der Waals surface area contributed by atoms with E-state index in [1.807, 2.05) is 0 Å². The molecule has 2 aliphatic rings. The Morgan fingerprint density at radius 2 is 2.07 bits per heavy atom. The summed E-state index contributed by atoms with van der Waals surface area (Å²) in [6.07, 6.45) is 0.374. The minimum absolute atomic E-state index is 0.109. The number of hydrogen-bond donors (Lipinski definition) is 1. The maximum absolute atomic E-state index is 11.3. The molecule has 1 N–H and O–H groups in total. The average Bonchev–Trinajstić information content (AvgIpc) is 2.60. The number of cyclic esters (lactones) is 1. The summed E-state index contributed by atoms with van der Waals surface area (Å²) in [5.41, 5.74) is 0.383. The topological polar surface area (TPSA) is 75.7 Å². The van der Waals surface area contributed by atoms with Crippen LogP contribution in [0.25, 0.3) is 0 Å². The number of ether oxygens (including phenoxy) is 1. The maximum atomic E-state index is 11.3. The molecule has 0 aromatic carbocycles. The molecule has 2 aliphatic heterocycles. The van der Waals surface area contributed by atoms with Gasteiger partial charge in [0.1, 0.15) is 5.70 Å². The number of imide groups is 1. The molecule has 0 unspecified atom stereocenters. The van der Waals surface area contributed by atoms with E-state index < -0.39 is 17.9 Å². The zero-order valence-corrected chi connectivity index (χ0v) is 7.49. The highest BCUT2D eigenvalue weighted by molar-refractivity contribution is 6.15. The predicted octanol–water partition coefficient (Wildman–Crippen LogP) is -0.631. The molecule has 2 rings (SSSR count). The van der Waals surface area contributed by atoms with Crippen LogP contribution in [-0.4, -0.2) is 36.5 Å². The molecular weight excluding hydrogens is 188 g/mol. The molecule has 0 spiro atoms. The van der Waals surface area contributed by atoms with Crippen LogP contribution in [-0.2, 0) is 14.3 Å². The first-order chi connectivity index (χ1) is 6.61. The van der Waals surface area contributed by atoms with Gasteiger partial charge >= 0.3 is 12.0 Å². The molecule has 2 saturated heterocycles. The van der Waals surface area contributed by atoms with Crippen LogP contribution in [0.3, 0.4) is 0 Å². The van der Waals surface area contributed by atoms with Crippen molar-refractivity contribution in [2.24, 2.45) is 0 Å². The van der Waals surface area contributed by atoms with E-state index in [4.69, 9.17) is 4.74 Å². The van der Waals surface area contributed by atoms with Crippen LogP contribution in [0.1, 0.15) is 6.42 Å². The van der Waals surface area contributed by atoms with E-state index in [1.54, 1.807) is 0 Å². The van der Waals surface area contributed by atoms with Crippen LogP contribution in [0.2, 0.25) is 0 Å². The fourth-order valence-corrected chi connectivity index (χ4v) is 1.48. The van der Waals surface area contributed by atoms with Crippen LogP contribution < -0.4 is 5.32 Å². The Bertz CT molecular complexity index is 372. The van der Waals surface area contributed by atoms with Crippen LogP contribution in [0.5, 0.6) is 0 Å². The minimum atomic E-state index is -0.536. The molecule has 0 radical (unpaired) electrons. The molecule has 0 aromatic rings. The van der Waals surface area contributed by atoms with Crippen molar-refractivity contribution >= 4 is 17.9 Å². The van der Waals surface area contributed by atoms with E-state index in [0.717, 1.165) is 4.90 Å². The number of carbonyl (C=O) groups is 3. The van der Waals surface area contributed by atoms with Gasteiger partial charge in [-0.05, 0) is 0 Å². The molecule has 2 heterocycles. The number of amides is 3. The average molecular weight is 196 g/mol. The van der Waals surface area contributed by atoms with Crippen molar-refractivity contribution in [2.75, 3.05) is 13.7 Å². The quantitative estimate of drug-likeness (QED) is 0.318. The molecule has 3 amide bonds. The van der Waals surface area contributed by atoms with Crippen molar-refractivity contribution in [3.05, 3.63) is 11.3 Å². The van der Waals surface area contributed by atoms with E-state index in [0.29, 0.717) is 6.42 Å². The molecule has 0 aliphatic carbocycles. The lowest BCUT2D eigenvalue weighted by atomic mass is 10.1. The molecule has 0 saturated carbocycles. The van der Waals surface area contributed by atoms with Crippen LogP contribution >= 0.6 is 0 Å². The van der Waals surface area contributed by atoms with Crippen molar-refractivity contribution < 1.29 is 19.1 Å². The number of nitrogens with one attached hydrogen (secondary N) is 1. The summed E-state index contributed by atoms with van der Waals surface area (Å²) in [6.45, 7) is 0.271. The highest BCUT2D eigenvalue weighted by atomic mass is 16.5. The number of urea groups is 1. The number of hydrogen-bond acceptors (Lipinski definition) is 4. The fraction of sp³-hybridized carbons (Fsp3) is 0.375. The normalized spacial score (nSPS) is 26.9. The first-order valence-electron chi connectivity index (χ1n) is 4.10. The lowest BCUT2D eigenvalue weighted by Crippen LogP contribution is -2.24. The van der Waals surface area contributed by atoms with Gasteiger partial charge in [-0.1, -0.05) is 0 Å². The Morgan fingerprint density at radius 1 is 1.36 bits per heavy atom. The molecule has 0 bridgehead atoms. The smallest absolute Gasteiger partial charge is 0.336 e. The largest absolute Gasteiger partial charge is 0.462 e. The lowest BCUT2D eigenvalue weighted by Gasteiger charge is -2.07. The van der Waals surface area contributed by atoms with Gasteiger partial charge in [0.25, 0.3) is 5.91 Å². The monoisotopic (exact) mass is 196 g/mol. The Morgan fingerprint density at radius 3 is 2.50 bits per heavy atom. The maximum Gasteiger partial charge on any atom is 0.336 e. The summed E-state index contributed by atoms with van der Waals surface area (Å²) in [6, 6.07) is -0.516. The van der Waals surface area contributed by atoms with E-state index in [-0.39, 0.29) is 17.9 Å². The third-order valence-electron chi connectivity index (χ3n) is 2.19. The van der Waals surface area contributed by atoms with Gasteiger partial charge in [-0.25, -0.2) is 9.59 Å². The number of carbonyl (C=O) groups excluding carboxylic acids is 3. The molecule has 2 fully saturated rings. The van der Waals surface area contributed by atoms with E-state index >= 15 is 0 Å². The molecule has 0 atom stereocenters. The lowest BCUT2D eigenvalue weighted by molar-refractivity contribution is -0.135. The Labute approximate surface area is 79.5 Å². The second-order valence-electron chi connectivity index (χ2n) is 3.03. The molecule has 6 nitrogen and oxygen atoms in total. The molecule has 6 heteroatoms. The first-order valence-corrected chi connectivity index (χ1v) is 4.10. The second-order valence-corrected chi connectivity index (χ2v) is 3.03. The summed E-state index contributed by atoms with van der Waals surface area (Å²) in [4.78, 5) is 34.6.